The molecule has 1 amide bonds. The van der Waals surface area contributed by atoms with E-state index in [1.54, 1.807) is 12.1 Å². The first-order valence-electron chi connectivity index (χ1n) is 11.7. The van der Waals surface area contributed by atoms with Gasteiger partial charge < -0.3 is 29.2 Å². The molecule has 0 unspecified atom stereocenters. The number of alkyl halides is 4. The molecular formula is C23H26F4N6O3S. The van der Waals surface area contributed by atoms with E-state index in [1.165, 1.54) is 23.8 Å². The van der Waals surface area contributed by atoms with Gasteiger partial charge in [-0.1, -0.05) is 5.16 Å². The molecule has 200 valence electrons. The molecule has 3 aromatic heterocycles. The summed E-state index contributed by atoms with van der Waals surface area (Å²) in [6.07, 6.45) is 2.15. The molecule has 1 saturated heterocycles. The predicted octanol–water partition coefficient (Wildman–Crippen LogP) is 3.85. The minimum absolute atomic E-state index is 0.0402. The van der Waals surface area contributed by atoms with Gasteiger partial charge in [0.15, 0.2) is 0 Å². The third-order valence-corrected chi connectivity index (χ3v) is 7.52. The molecule has 0 spiro atoms. The molecule has 1 aliphatic carbocycles. The van der Waals surface area contributed by atoms with Crippen LogP contribution in [0.2, 0.25) is 0 Å². The van der Waals surface area contributed by atoms with Crippen LogP contribution in [-0.4, -0.2) is 75.9 Å². The summed E-state index contributed by atoms with van der Waals surface area (Å²) in [5.41, 5.74) is -4.39. The second kappa shape index (κ2) is 9.80. The van der Waals surface area contributed by atoms with Gasteiger partial charge in [0.1, 0.15) is 11.8 Å². The van der Waals surface area contributed by atoms with Gasteiger partial charge in [-0.15, -0.1) is 0 Å². The molecule has 37 heavy (non-hydrogen) atoms. The fourth-order valence-electron chi connectivity index (χ4n) is 4.48. The lowest BCUT2D eigenvalue weighted by atomic mass is 10.0. The fourth-order valence-corrected chi connectivity index (χ4v) is 5.22. The Morgan fingerprint density at radius 3 is 2.84 bits per heavy atom. The number of likely N-dealkylation sites (tertiary alicyclic amines) is 1. The van der Waals surface area contributed by atoms with Gasteiger partial charge in [-0.25, -0.2) is 4.39 Å². The summed E-state index contributed by atoms with van der Waals surface area (Å²) in [5, 5.41) is 9.55. The van der Waals surface area contributed by atoms with Crippen LogP contribution >= 0.6 is 11.8 Å². The highest BCUT2D eigenvalue weighted by Crippen LogP contribution is 2.44. The molecule has 9 nitrogen and oxygen atoms in total. The number of hydrogen-bond donors (Lipinski definition) is 2. The Morgan fingerprint density at radius 2 is 2.16 bits per heavy atom. The summed E-state index contributed by atoms with van der Waals surface area (Å²) in [4.78, 5) is 18.4. The molecule has 5 rings (SSSR count). The number of aromatic nitrogens is 3. The number of ether oxygens (including phenoxy) is 1. The molecule has 2 N–H and O–H groups in total. The van der Waals surface area contributed by atoms with Crippen LogP contribution in [0.5, 0.6) is 0 Å². The van der Waals surface area contributed by atoms with Crippen molar-refractivity contribution in [1.82, 2.24) is 24.8 Å². The van der Waals surface area contributed by atoms with Crippen LogP contribution in [0.25, 0.3) is 16.9 Å². The molecule has 2 atom stereocenters. The van der Waals surface area contributed by atoms with Crippen LogP contribution in [0.1, 0.15) is 25.2 Å². The third-order valence-electron chi connectivity index (χ3n) is 6.68. The Balaban J connectivity index is 1.44. The van der Waals surface area contributed by atoms with Crippen LogP contribution in [0.3, 0.4) is 0 Å². The minimum atomic E-state index is -4.58. The lowest BCUT2D eigenvalue weighted by Crippen LogP contribution is -2.46. The molecule has 3 aromatic rings. The lowest BCUT2D eigenvalue weighted by molar-refractivity contribution is -0.133. The van der Waals surface area contributed by atoms with E-state index in [9.17, 15) is 22.4 Å². The minimum Gasteiger partial charge on any atom is -0.378 e. The molecule has 2 fully saturated rings. The Hall–Kier alpha value is -2.84. The zero-order valence-electron chi connectivity index (χ0n) is 20.1. The number of methoxy groups -OCH3 is 1. The molecule has 0 bridgehead atoms. The van der Waals surface area contributed by atoms with Crippen molar-refractivity contribution in [3.05, 3.63) is 30.3 Å². The summed E-state index contributed by atoms with van der Waals surface area (Å²) in [6.45, 7) is 0.888. The summed E-state index contributed by atoms with van der Waals surface area (Å²) in [7, 11) is 3.30. The molecule has 2 aliphatic rings. The summed E-state index contributed by atoms with van der Waals surface area (Å²) < 4.78 is 67.0. The van der Waals surface area contributed by atoms with Crippen molar-refractivity contribution in [3.63, 3.8) is 0 Å². The highest BCUT2D eigenvalue weighted by atomic mass is 32.2. The van der Waals surface area contributed by atoms with Crippen molar-refractivity contribution in [2.24, 2.45) is 0 Å². The van der Waals surface area contributed by atoms with Gasteiger partial charge in [0, 0.05) is 38.2 Å². The van der Waals surface area contributed by atoms with E-state index < -0.39 is 23.3 Å². The second-order valence-corrected chi connectivity index (χ2v) is 10.4. The van der Waals surface area contributed by atoms with Gasteiger partial charge in [0.25, 0.3) is 5.91 Å². The second-order valence-electron chi connectivity index (χ2n) is 9.30. The first-order chi connectivity index (χ1) is 17.6. The van der Waals surface area contributed by atoms with Crippen molar-refractivity contribution in [3.8, 4) is 11.4 Å². The number of thioether (sulfide) groups is 1. The SMILES string of the molecule is COC1(C(=O)NCc2nc(-c3cc4c(N[C@@H]5CCN(C)C[C@@H]5F)cccn4c3SC(F)(F)F)no2)CC1. The number of hydrogen-bond acceptors (Lipinski definition) is 8. The van der Waals surface area contributed by atoms with Crippen LogP contribution < -0.4 is 10.6 Å². The molecule has 4 heterocycles. The zero-order chi connectivity index (χ0) is 26.4. The van der Waals surface area contributed by atoms with E-state index in [-0.39, 0.29) is 53.1 Å². The predicted molar refractivity (Wildman–Crippen MR) is 128 cm³/mol. The van der Waals surface area contributed by atoms with Crippen LogP contribution in [0.15, 0.2) is 33.9 Å². The summed E-state index contributed by atoms with van der Waals surface area (Å²) in [5.74, 6) is -0.326. The average Bonchev–Trinajstić information content (AvgIpc) is 3.37. The van der Waals surface area contributed by atoms with Crippen molar-refractivity contribution in [2.75, 3.05) is 32.6 Å². The number of carbonyl (C=O) groups excluding carboxylic acids is 1. The zero-order valence-corrected chi connectivity index (χ0v) is 21.0. The maximum absolute atomic E-state index is 14.7. The van der Waals surface area contributed by atoms with Crippen LogP contribution in [-0.2, 0) is 16.1 Å². The van der Waals surface area contributed by atoms with Gasteiger partial charge in [0.05, 0.1) is 34.4 Å². The molecule has 0 radical (unpaired) electrons. The number of halogens is 4. The van der Waals surface area contributed by atoms with E-state index in [0.717, 1.165) is 0 Å². The maximum Gasteiger partial charge on any atom is 0.447 e. The van der Waals surface area contributed by atoms with Crippen molar-refractivity contribution in [2.45, 2.75) is 54.2 Å². The fraction of sp³-hybridized carbons (Fsp3) is 0.522. The smallest absolute Gasteiger partial charge is 0.378 e. The van der Waals surface area contributed by atoms with Crippen LogP contribution in [0.4, 0.5) is 23.2 Å². The number of nitrogens with zero attached hydrogens (tertiary/aromatic N) is 4. The Labute approximate surface area is 213 Å². The van der Waals surface area contributed by atoms with E-state index in [2.05, 4.69) is 20.8 Å². The van der Waals surface area contributed by atoms with Gasteiger partial charge in [0.2, 0.25) is 11.7 Å². The number of amides is 1. The Bertz CT molecular complexity index is 1290. The molecular weight excluding hydrogens is 516 g/mol. The normalized spacial score (nSPS) is 21.8. The maximum atomic E-state index is 14.7. The number of rotatable bonds is 8. The summed E-state index contributed by atoms with van der Waals surface area (Å²) in [6, 6.07) is 4.35. The molecule has 0 aromatic carbocycles. The number of fused-ring (bicyclic) bond motifs is 1. The quantitative estimate of drug-likeness (QED) is 0.327. The van der Waals surface area contributed by atoms with Gasteiger partial charge in [-0.2, -0.15) is 18.2 Å². The first-order valence-corrected chi connectivity index (χ1v) is 12.6. The molecule has 14 heteroatoms. The largest absolute Gasteiger partial charge is 0.447 e. The topological polar surface area (TPSA) is 96.9 Å². The number of carbonyl (C=O) groups is 1. The monoisotopic (exact) mass is 542 g/mol. The lowest BCUT2D eigenvalue weighted by Gasteiger charge is -2.33. The highest BCUT2D eigenvalue weighted by molar-refractivity contribution is 8.00. The van der Waals surface area contributed by atoms with Crippen molar-refractivity contribution in [1.29, 1.82) is 0 Å². The van der Waals surface area contributed by atoms with Crippen molar-refractivity contribution < 1.29 is 31.6 Å². The third kappa shape index (κ3) is 5.41. The molecule has 1 saturated carbocycles. The standard InChI is InChI=1S/C23H26F4N6O3S/c1-32-9-5-15(14(24)12-32)29-16-4-3-8-33-17(16)10-13(20(33)37-23(25,26)27)19-30-18(36-31-19)11-28-21(34)22(35-2)6-7-22/h3-4,8,10,14-15,29H,5-7,9,11-12H2,1-2H3,(H,28,34)/t14-,15+/m0/s1. The van der Waals surface area contributed by atoms with E-state index in [1.807, 2.05) is 11.9 Å². The summed E-state index contributed by atoms with van der Waals surface area (Å²) >= 11 is -0.297. The number of nitrogens with one attached hydrogen (secondary N) is 2. The number of piperidine rings is 1. The van der Waals surface area contributed by atoms with E-state index in [4.69, 9.17) is 9.26 Å². The van der Waals surface area contributed by atoms with Gasteiger partial charge in [-0.05, 0) is 44.5 Å². The van der Waals surface area contributed by atoms with Crippen molar-refractivity contribution >= 4 is 28.9 Å². The van der Waals surface area contributed by atoms with Crippen LogP contribution in [0, 0.1) is 0 Å². The first kappa shape index (κ1) is 25.8. The average molecular weight is 543 g/mol. The van der Waals surface area contributed by atoms with Gasteiger partial charge in [-0.3, -0.25) is 4.79 Å². The number of pyridine rings is 1. The Morgan fingerprint density at radius 1 is 1.38 bits per heavy atom. The number of anilines is 1. The molecule has 1 aliphatic heterocycles. The highest BCUT2D eigenvalue weighted by Gasteiger charge is 2.50. The Kier molecular flexibility index (Phi) is 6.83. The van der Waals surface area contributed by atoms with E-state index >= 15 is 0 Å². The van der Waals surface area contributed by atoms with Gasteiger partial charge >= 0.3 is 5.51 Å². The van der Waals surface area contributed by atoms with E-state index in [0.29, 0.717) is 37.0 Å².